The van der Waals surface area contributed by atoms with Crippen LogP contribution in [-0.2, 0) is 6.18 Å². The smallest absolute Gasteiger partial charge is 0.267 e. The fourth-order valence-electron chi connectivity index (χ4n) is 1.80. The highest BCUT2D eigenvalue weighted by Crippen LogP contribution is 2.31. The number of aromatic nitrogens is 2. The maximum atomic E-state index is 12.6. The Bertz CT molecular complexity index is 644. The molecular weight excluding hydrogens is 245 g/mol. The Labute approximate surface area is 101 Å². The Morgan fingerprint density at radius 1 is 1.22 bits per heavy atom. The van der Waals surface area contributed by atoms with Crippen molar-refractivity contribution in [1.82, 2.24) is 10.2 Å². The molecule has 6 heteroatoms. The van der Waals surface area contributed by atoms with Gasteiger partial charge in [0.05, 0.1) is 16.6 Å². The van der Waals surface area contributed by atoms with Gasteiger partial charge >= 0.3 is 6.18 Å². The van der Waals surface area contributed by atoms with Crippen LogP contribution in [0.3, 0.4) is 0 Å². The van der Waals surface area contributed by atoms with Crippen LogP contribution in [0.15, 0.2) is 23.0 Å². The fraction of sp³-hybridized carbons (Fsp3) is 0.333. The zero-order chi connectivity index (χ0) is 13.5. The van der Waals surface area contributed by atoms with Gasteiger partial charge in [0.2, 0.25) is 0 Å². The van der Waals surface area contributed by atoms with Gasteiger partial charge in [-0.2, -0.15) is 18.3 Å². The second-order valence-corrected chi connectivity index (χ2v) is 4.35. The van der Waals surface area contributed by atoms with Crippen molar-refractivity contribution in [3.63, 3.8) is 0 Å². The topological polar surface area (TPSA) is 45.8 Å². The van der Waals surface area contributed by atoms with E-state index in [-0.39, 0.29) is 11.3 Å². The summed E-state index contributed by atoms with van der Waals surface area (Å²) in [7, 11) is 0. The molecule has 2 aromatic rings. The van der Waals surface area contributed by atoms with Gasteiger partial charge in [-0.3, -0.25) is 4.79 Å². The molecule has 0 atom stereocenters. The molecule has 0 unspecified atom stereocenters. The number of benzene rings is 1. The monoisotopic (exact) mass is 256 g/mol. The van der Waals surface area contributed by atoms with Gasteiger partial charge < -0.3 is 0 Å². The zero-order valence-corrected chi connectivity index (χ0v) is 9.80. The minimum absolute atomic E-state index is 0.0149. The van der Waals surface area contributed by atoms with Crippen molar-refractivity contribution in [3.05, 3.63) is 39.8 Å². The molecule has 0 aliphatic carbocycles. The highest BCUT2D eigenvalue weighted by atomic mass is 19.4. The molecule has 1 heterocycles. The van der Waals surface area contributed by atoms with Gasteiger partial charge in [0.1, 0.15) is 0 Å². The second kappa shape index (κ2) is 4.12. The molecule has 18 heavy (non-hydrogen) atoms. The lowest BCUT2D eigenvalue weighted by molar-refractivity contribution is -0.137. The number of alkyl halides is 3. The van der Waals surface area contributed by atoms with E-state index in [0.29, 0.717) is 11.1 Å². The van der Waals surface area contributed by atoms with Gasteiger partial charge in [-0.05, 0) is 18.1 Å². The first-order valence-corrected chi connectivity index (χ1v) is 5.40. The highest BCUT2D eigenvalue weighted by Gasteiger charge is 2.31. The van der Waals surface area contributed by atoms with Crippen LogP contribution in [0.25, 0.3) is 10.8 Å². The number of halogens is 3. The van der Waals surface area contributed by atoms with Crippen LogP contribution >= 0.6 is 0 Å². The molecule has 0 aliphatic rings. The maximum Gasteiger partial charge on any atom is 0.416 e. The van der Waals surface area contributed by atoms with Crippen LogP contribution < -0.4 is 5.56 Å². The van der Waals surface area contributed by atoms with Crippen molar-refractivity contribution in [2.75, 3.05) is 0 Å². The van der Waals surface area contributed by atoms with Crippen LogP contribution in [0.2, 0.25) is 0 Å². The lowest BCUT2D eigenvalue weighted by Gasteiger charge is -2.10. The molecule has 1 aromatic heterocycles. The van der Waals surface area contributed by atoms with Crippen LogP contribution in [0.5, 0.6) is 0 Å². The molecule has 0 saturated heterocycles. The number of rotatable bonds is 1. The number of aromatic amines is 1. The number of H-pyrrole nitrogens is 1. The van der Waals surface area contributed by atoms with Gasteiger partial charge in [-0.25, -0.2) is 5.10 Å². The average molecular weight is 256 g/mol. The third-order valence-electron chi connectivity index (χ3n) is 2.69. The Hall–Kier alpha value is -1.85. The molecule has 0 fully saturated rings. The molecule has 0 amide bonds. The standard InChI is InChI=1S/C12H11F3N2O/c1-6(2)10-8-4-3-7(12(13,14)15)5-9(8)11(18)17-16-10/h3-6H,1-2H3,(H,17,18). The predicted molar refractivity (Wildman–Crippen MR) is 61.5 cm³/mol. The van der Waals surface area contributed by atoms with E-state index in [1.165, 1.54) is 6.07 Å². The Balaban J connectivity index is 2.79. The number of hydrogen-bond donors (Lipinski definition) is 1. The van der Waals surface area contributed by atoms with E-state index in [1.54, 1.807) is 0 Å². The third kappa shape index (κ3) is 2.10. The fourth-order valence-corrected chi connectivity index (χ4v) is 1.80. The first-order chi connectivity index (χ1) is 8.30. The van der Waals surface area contributed by atoms with Gasteiger partial charge in [-0.1, -0.05) is 19.9 Å². The predicted octanol–water partition coefficient (Wildman–Crippen LogP) is 3.07. The van der Waals surface area contributed by atoms with E-state index in [9.17, 15) is 18.0 Å². The van der Waals surface area contributed by atoms with Crippen LogP contribution in [0, 0.1) is 0 Å². The van der Waals surface area contributed by atoms with E-state index < -0.39 is 17.3 Å². The first-order valence-electron chi connectivity index (χ1n) is 5.40. The van der Waals surface area contributed by atoms with Crippen LogP contribution in [0.1, 0.15) is 31.0 Å². The molecule has 1 N–H and O–H groups in total. The molecule has 0 aliphatic heterocycles. The lowest BCUT2D eigenvalue weighted by atomic mass is 10.0. The maximum absolute atomic E-state index is 12.6. The number of hydrogen-bond acceptors (Lipinski definition) is 2. The normalized spacial score (nSPS) is 12.3. The van der Waals surface area contributed by atoms with E-state index in [4.69, 9.17) is 0 Å². The number of fused-ring (bicyclic) bond motifs is 1. The Kier molecular flexibility index (Phi) is 2.88. The molecule has 0 saturated carbocycles. The van der Waals surface area contributed by atoms with Crippen molar-refractivity contribution in [1.29, 1.82) is 0 Å². The summed E-state index contributed by atoms with van der Waals surface area (Å²) in [6, 6.07) is 3.13. The summed E-state index contributed by atoms with van der Waals surface area (Å²) in [5, 5.41) is 6.59. The second-order valence-electron chi connectivity index (χ2n) is 4.35. The summed E-state index contributed by atoms with van der Waals surface area (Å²) >= 11 is 0. The highest BCUT2D eigenvalue weighted by molar-refractivity contribution is 5.84. The molecular formula is C12H11F3N2O. The molecule has 0 radical (unpaired) electrons. The number of nitrogens with zero attached hydrogens (tertiary/aromatic N) is 1. The van der Waals surface area contributed by atoms with Crippen LogP contribution in [-0.4, -0.2) is 10.2 Å². The summed E-state index contributed by atoms with van der Waals surface area (Å²) in [4.78, 5) is 11.5. The molecule has 96 valence electrons. The van der Waals surface area contributed by atoms with E-state index >= 15 is 0 Å². The van der Waals surface area contributed by atoms with Crippen molar-refractivity contribution >= 4 is 10.8 Å². The molecule has 0 bridgehead atoms. The summed E-state index contributed by atoms with van der Waals surface area (Å²) in [6.45, 7) is 3.72. The van der Waals surface area contributed by atoms with Crippen LogP contribution in [0.4, 0.5) is 13.2 Å². The van der Waals surface area contributed by atoms with Gasteiger partial charge in [0.25, 0.3) is 5.56 Å². The van der Waals surface area contributed by atoms with Gasteiger partial charge in [0.15, 0.2) is 0 Å². The van der Waals surface area contributed by atoms with Gasteiger partial charge in [0, 0.05) is 5.39 Å². The van der Waals surface area contributed by atoms with Crippen molar-refractivity contribution < 1.29 is 13.2 Å². The lowest BCUT2D eigenvalue weighted by Crippen LogP contribution is -2.13. The van der Waals surface area contributed by atoms with Gasteiger partial charge in [-0.15, -0.1) is 0 Å². The Morgan fingerprint density at radius 2 is 1.89 bits per heavy atom. The molecule has 2 rings (SSSR count). The number of nitrogens with one attached hydrogen (secondary N) is 1. The van der Waals surface area contributed by atoms with Crippen molar-refractivity contribution in [2.24, 2.45) is 0 Å². The summed E-state index contributed by atoms with van der Waals surface area (Å²) in [5.74, 6) is 0.0149. The first kappa shape index (κ1) is 12.6. The molecule has 3 nitrogen and oxygen atoms in total. The minimum Gasteiger partial charge on any atom is -0.267 e. The molecule has 0 spiro atoms. The largest absolute Gasteiger partial charge is 0.416 e. The minimum atomic E-state index is -4.46. The summed E-state index contributed by atoms with van der Waals surface area (Å²) in [6.07, 6.45) is -4.46. The zero-order valence-electron chi connectivity index (χ0n) is 9.80. The van der Waals surface area contributed by atoms with Crippen molar-refractivity contribution in [2.45, 2.75) is 25.9 Å². The Morgan fingerprint density at radius 3 is 2.44 bits per heavy atom. The third-order valence-corrected chi connectivity index (χ3v) is 2.69. The molecule has 1 aromatic carbocycles. The van der Waals surface area contributed by atoms with Crippen molar-refractivity contribution in [3.8, 4) is 0 Å². The summed E-state index contributed by atoms with van der Waals surface area (Å²) < 4.78 is 37.7. The van der Waals surface area contributed by atoms with E-state index in [2.05, 4.69) is 10.2 Å². The SMILES string of the molecule is CC(C)c1n[nH]c(=O)c2cc(C(F)(F)F)ccc12. The van der Waals surface area contributed by atoms with E-state index in [0.717, 1.165) is 12.1 Å². The van der Waals surface area contributed by atoms with E-state index in [1.807, 2.05) is 13.8 Å². The quantitative estimate of drug-likeness (QED) is 0.852. The summed E-state index contributed by atoms with van der Waals surface area (Å²) in [5.41, 5.74) is -0.861. The average Bonchev–Trinajstić information content (AvgIpc) is 2.27.